The van der Waals surface area contributed by atoms with Crippen LogP contribution in [0.25, 0.3) is 10.9 Å². The molecule has 3 aromatic rings. The molecule has 0 saturated carbocycles. The van der Waals surface area contributed by atoms with Gasteiger partial charge in [-0.25, -0.2) is 4.98 Å². The zero-order chi connectivity index (χ0) is 23.3. The summed E-state index contributed by atoms with van der Waals surface area (Å²) in [4.78, 5) is 46.0. The molecule has 0 spiro atoms. The van der Waals surface area contributed by atoms with E-state index in [2.05, 4.69) is 21.9 Å². The highest BCUT2D eigenvalue weighted by Gasteiger charge is 2.18. The molecule has 0 saturated heterocycles. The number of carbonyl (C=O) groups excluding carboxylic acids is 2. The second kappa shape index (κ2) is 9.78. The summed E-state index contributed by atoms with van der Waals surface area (Å²) in [7, 11) is 2.99. The van der Waals surface area contributed by atoms with Crippen molar-refractivity contribution in [1.82, 2.24) is 14.9 Å². The third kappa shape index (κ3) is 4.77. The average Bonchev–Trinajstić information content (AvgIpc) is 2.81. The molecule has 32 heavy (non-hydrogen) atoms. The highest BCUT2D eigenvalue weighted by atomic mass is 16.5. The lowest BCUT2D eigenvalue weighted by Gasteiger charge is -2.21. The van der Waals surface area contributed by atoms with E-state index in [-0.39, 0.29) is 23.9 Å². The molecule has 0 unspecified atom stereocenters. The number of ether oxygens (including phenoxy) is 2. The van der Waals surface area contributed by atoms with Crippen LogP contribution >= 0.6 is 0 Å². The predicted molar refractivity (Wildman–Crippen MR) is 121 cm³/mol. The summed E-state index contributed by atoms with van der Waals surface area (Å²) in [6.45, 7) is 5.72. The molecule has 0 aliphatic carbocycles. The number of amides is 2. The number of carbonyl (C=O) groups is 2. The Morgan fingerprint density at radius 1 is 1.19 bits per heavy atom. The van der Waals surface area contributed by atoms with Gasteiger partial charge in [-0.1, -0.05) is 12.6 Å². The third-order valence-electron chi connectivity index (χ3n) is 4.83. The molecule has 3 rings (SSSR count). The van der Waals surface area contributed by atoms with Crippen LogP contribution in [0.5, 0.6) is 11.5 Å². The van der Waals surface area contributed by atoms with Crippen LogP contribution in [0.2, 0.25) is 0 Å². The molecule has 2 aromatic carbocycles. The number of anilines is 1. The van der Waals surface area contributed by atoms with Crippen LogP contribution in [-0.2, 0) is 11.3 Å². The maximum absolute atomic E-state index is 13.1. The fourth-order valence-corrected chi connectivity index (χ4v) is 3.20. The molecule has 2 N–H and O–H groups in total. The van der Waals surface area contributed by atoms with E-state index in [0.717, 1.165) is 6.08 Å². The first-order valence-electron chi connectivity index (χ1n) is 9.87. The Hall–Kier alpha value is -4.14. The summed E-state index contributed by atoms with van der Waals surface area (Å²) in [5, 5.41) is 2.98. The lowest BCUT2D eigenvalue weighted by Crippen LogP contribution is -2.32. The quantitative estimate of drug-likeness (QED) is 0.525. The van der Waals surface area contributed by atoms with Gasteiger partial charge in [0.05, 0.1) is 31.7 Å². The van der Waals surface area contributed by atoms with E-state index in [9.17, 15) is 14.4 Å². The van der Waals surface area contributed by atoms with Gasteiger partial charge >= 0.3 is 0 Å². The highest BCUT2D eigenvalue weighted by Crippen LogP contribution is 2.30. The fourth-order valence-electron chi connectivity index (χ4n) is 3.20. The van der Waals surface area contributed by atoms with Crippen molar-refractivity contribution in [2.75, 3.05) is 26.1 Å². The Bertz CT molecular complexity index is 1230. The van der Waals surface area contributed by atoms with Crippen molar-refractivity contribution in [1.29, 1.82) is 0 Å². The lowest BCUT2D eigenvalue weighted by molar-refractivity contribution is -0.111. The molecule has 9 heteroatoms. The van der Waals surface area contributed by atoms with Gasteiger partial charge in [0.25, 0.3) is 11.5 Å². The molecule has 0 aliphatic heterocycles. The van der Waals surface area contributed by atoms with E-state index in [4.69, 9.17) is 9.47 Å². The Morgan fingerprint density at radius 3 is 2.56 bits per heavy atom. The topological polar surface area (TPSA) is 114 Å². The van der Waals surface area contributed by atoms with Crippen LogP contribution in [-0.4, -0.2) is 47.4 Å². The summed E-state index contributed by atoms with van der Waals surface area (Å²) >= 11 is 0. The largest absolute Gasteiger partial charge is 0.493 e. The van der Waals surface area contributed by atoms with Gasteiger partial charge in [0, 0.05) is 23.9 Å². The van der Waals surface area contributed by atoms with E-state index in [1.165, 1.54) is 14.2 Å². The maximum Gasteiger partial charge on any atom is 0.258 e. The Kier molecular flexibility index (Phi) is 6.89. The van der Waals surface area contributed by atoms with Gasteiger partial charge in [0.1, 0.15) is 5.82 Å². The van der Waals surface area contributed by atoms with Crippen molar-refractivity contribution >= 4 is 28.4 Å². The number of hydrogen-bond donors (Lipinski definition) is 2. The minimum atomic E-state index is -0.369. The summed E-state index contributed by atoms with van der Waals surface area (Å²) < 4.78 is 10.5. The average molecular weight is 436 g/mol. The van der Waals surface area contributed by atoms with Crippen LogP contribution in [0, 0.1) is 0 Å². The molecule has 2 amide bonds. The van der Waals surface area contributed by atoms with Crippen molar-refractivity contribution < 1.29 is 19.1 Å². The van der Waals surface area contributed by atoms with Gasteiger partial charge in [-0.15, -0.1) is 0 Å². The minimum absolute atomic E-state index is 0.0953. The van der Waals surface area contributed by atoms with Crippen molar-refractivity contribution in [3.05, 3.63) is 70.8 Å². The highest BCUT2D eigenvalue weighted by molar-refractivity contribution is 6.00. The van der Waals surface area contributed by atoms with Crippen molar-refractivity contribution in [3.8, 4) is 11.5 Å². The Morgan fingerprint density at radius 2 is 1.91 bits per heavy atom. The summed E-state index contributed by atoms with van der Waals surface area (Å²) in [5.74, 6) is 0.574. The molecule has 0 radical (unpaired) electrons. The Balaban J connectivity index is 1.90. The third-order valence-corrected chi connectivity index (χ3v) is 4.83. The predicted octanol–water partition coefficient (Wildman–Crippen LogP) is 2.73. The maximum atomic E-state index is 13.1. The number of nitrogens with one attached hydrogen (secondary N) is 2. The van der Waals surface area contributed by atoms with Crippen LogP contribution in [0.4, 0.5) is 5.69 Å². The number of hydrogen-bond acceptors (Lipinski definition) is 6. The number of aromatic amines is 1. The number of H-pyrrole nitrogens is 1. The molecule has 1 aromatic heterocycles. The first-order valence-corrected chi connectivity index (χ1v) is 9.87. The zero-order valence-corrected chi connectivity index (χ0v) is 18.1. The zero-order valence-electron chi connectivity index (χ0n) is 18.1. The number of rotatable bonds is 8. The molecule has 1 heterocycles. The van der Waals surface area contributed by atoms with Crippen LogP contribution in [0.15, 0.2) is 53.8 Å². The van der Waals surface area contributed by atoms with E-state index in [1.807, 2.05) is 6.92 Å². The van der Waals surface area contributed by atoms with Crippen molar-refractivity contribution in [3.63, 3.8) is 0 Å². The van der Waals surface area contributed by atoms with Gasteiger partial charge < -0.3 is 24.7 Å². The molecule has 166 valence electrons. The summed E-state index contributed by atoms with van der Waals surface area (Å²) in [6.07, 6.45) is 1.15. The molecule has 0 bridgehead atoms. The normalized spacial score (nSPS) is 10.5. The van der Waals surface area contributed by atoms with Gasteiger partial charge in [0.2, 0.25) is 5.91 Å². The second-order valence-electron chi connectivity index (χ2n) is 6.83. The first kappa shape index (κ1) is 22.5. The summed E-state index contributed by atoms with van der Waals surface area (Å²) in [5.41, 5.74) is 0.959. The van der Waals surface area contributed by atoms with Crippen LogP contribution < -0.4 is 20.3 Å². The van der Waals surface area contributed by atoms with Gasteiger partial charge in [0.15, 0.2) is 11.5 Å². The van der Waals surface area contributed by atoms with Crippen LogP contribution in [0.1, 0.15) is 23.1 Å². The first-order chi connectivity index (χ1) is 15.4. The number of fused-ring (bicyclic) bond motifs is 1. The molecule has 0 aliphatic rings. The molecule has 0 atom stereocenters. The fraction of sp³-hybridized carbons (Fsp3) is 0.217. The van der Waals surface area contributed by atoms with Gasteiger partial charge in [-0.05, 0) is 37.3 Å². The van der Waals surface area contributed by atoms with Crippen molar-refractivity contribution in [2.45, 2.75) is 13.5 Å². The monoisotopic (exact) mass is 436 g/mol. The van der Waals surface area contributed by atoms with Crippen molar-refractivity contribution in [2.24, 2.45) is 0 Å². The van der Waals surface area contributed by atoms with E-state index >= 15 is 0 Å². The lowest BCUT2D eigenvalue weighted by atomic mass is 10.1. The van der Waals surface area contributed by atoms with Crippen LogP contribution in [0.3, 0.4) is 0 Å². The Labute approximate surface area is 184 Å². The summed E-state index contributed by atoms with van der Waals surface area (Å²) in [6, 6.07) is 9.78. The smallest absolute Gasteiger partial charge is 0.258 e. The SMILES string of the molecule is C=CC(=O)Nc1cccc(C(=O)N(CC)Cc2nc3cc(OC)c(OC)cc3c(=O)[nH]2)c1. The molecular weight excluding hydrogens is 412 g/mol. The molecular formula is C23H24N4O5. The number of nitrogens with zero attached hydrogens (tertiary/aromatic N) is 2. The number of aromatic nitrogens is 2. The van der Waals surface area contributed by atoms with E-state index in [1.54, 1.807) is 41.3 Å². The van der Waals surface area contributed by atoms with Gasteiger partial charge in [-0.3, -0.25) is 14.4 Å². The number of benzene rings is 2. The second-order valence-corrected chi connectivity index (χ2v) is 6.83. The van der Waals surface area contributed by atoms with Gasteiger partial charge in [-0.2, -0.15) is 0 Å². The molecule has 0 fully saturated rings. The minimum Gasteiger partial charge on any atom is -0.493 e. The van der Waals surface area contributed by atoms with E-state index < -0.39 is 0 Å². The standard InChI is InChI=1S/C23H24N4O5/c1-5-21(28)24-15-9-7-8-14(10-15)23(30)27(6-2)13-20-25-17-12-19(32-4)18(31-3)11-16(17)22(29)26-20/h5,7-12H,1,6,13H2,2-4H3,(H,24,28)(H,25,26,29). The van der Waals surface area contributed by atoms with E-state index in [0.29, 0.717) is 46.0 Å². The molecule has 9 nitrogen and oxygen atoms in total. The number of methoxy groups -OCH3 is 2.